The summed E-state index contributed by atoms with van der Waals surface area (Å²) in [5, 5.41) is 0. The fourth-order valence-corrected chi connectivity index (χ4v) is 4.33. The average Bonchev–Trinajstić information content (AvgIpc) is 2.81. The van der Waals surface area contributed by atoms with Gasteiger partial charge in [0.05, 0.1) is 0 Å². The molecular formula is C29H29ClO2. The van der Waals surface area contributed by atoms with Crippen LogP contribution in [0.25, 0.3) is 16.9 Å². The molecule has 3 aromatic carbocycles. The number of ether oxygens (including phenoxy) is 1. The van der Waals surface area contributed by atoms with E-state index in [2.05, 4.69) is 36.4 Å². The molecule has 0 aliphatic heterocycles. The van der Waals surface area contributed by atoms with Gasteiger partial charge in [0.25, 0.3) is 0 Å². The average molecular weight is 445 g/mol. The van der Waals surface area contributed by atoms with Crippen molar-refractivity contribution < 1.29 is 9.53 Å². The molecule has 0 spiro atoms. The minimum absolute atomic E-state index is 0.118. The predicted octanol–water partition coefficient (Wildman–Crippen LogP) is 7.63. The van der Waals surface area contributed by atoms with E-state index < -0.39 is 0 Å². The molecule has 0 N–H and O–H groups in total. The van der Waals surface area contributed by atoms with Crippen molar-refractivity contribution in [2.45, 2.75) is 44.9 Å². The van der Waals surface area contributed by atoms with Gasteiger partial charge in [0.15, 0.2) is 5.78 Å². The number of alkyl halides is 1. The van der Waals surface area contributed by atoms with E-state index >= 15 is 0 Å². The number of hydrogen-bond acceptors (Lipinski definition) is 2. The fourth-order valence-electron chi connectivity index (χ4n) is 4.14. The van der Waals surface area contributed by atoms with E-state index in [0.29, 0.717) is 12.2 Å². The van der Waals surface area contributed by atoms with Crippen molar-refractivity contribution >= 4 is 23.1 Å². The summed E-state index contributed by atoms with van der Waals surface area (Å²) in [6.07, 6.45) is 8.49. The second-order valence-corrected chi connectivity index (χ2v) is 8.69. The quantitative estimate of drug-likeness (QED) is 0.263. The molecule has 4 rings (SSSR count). The molecule has 0 aromatic heterocycles. The normalized spacial score (nSPS) is 13.7. The molecule has 164 valence electrons. The van der Waals surface area contributed by atoms with Crippen LogP contribution in [-0.4, -0.2) is 11.7 Å². The maximum absolute atomic E-state index is 12.3. The standard InChI is InChI=1S/C29H29ClO2/c30-19-5-1-2-8-22-15-17-23(18-16-22)25-11-7-13-27(20-25)32-29-21-26(31)12-6-10-24-9-3-4-14-28(24)29/h3-4,7,9,11,13-18,20-21H,1-2,5-6,8,10,12,19H2. The van der Waals surface area contributed by atoms with Crippen LogP contribution in [0, 0.1) is 0 Å². The molecule has 0 radical (unpaired) electrons. The molecule has 0 fully saturated rings. The predicted molar refractivity (Wildman–Crippen MR) is 133 cm³/mol. The highest BCUT2D eigenvalue weighted by molar-refractivity contribution is 6.17. The second-order valence-electron chi connectivity index (χ2n) is 8.31. The first kappa shape index (κ1) is 22.4. The van der Waals surface area contributed by atoms with Gasteiger partial charge < -0.3 is 4.74 Å². The third-order valence-electron chi connectivity index (χ3n) is 5.89. The van der Waals surface area contributed by atoms with E-state index in [1.807, 2.05) is 36.4 Å². The lowest BCUT2D eigenvalue weighted by Gasteiger charge is -2.17. The lowest BCUT2D eigenvalue weighted by molar-refractivity contribution is -0.114. The van der Waals surface area contributed by atoms with Crippen LogP contribution in [-0.2, 0) is 17.6 Å². The van der Waals surface area contributed by atoms with Gasteiger partial charge in [-0.1, -0.05) is 67.1 Å². The zero-order valence-corrected chi connectivity index (χ0v) is 19.1. The SMILES string of the molecule is O=C1C=C(Oc2cccc(-c3ccc(CCCCCCl)cc3)c2)c2ccccc2CCC1. The maximum atomic E-state index is 12.3. The number of benzene rings is 3. The summed E-state index contributed by atoms with van der Waals surface area (Å²) in [6.45, 7) is 0. The number of ketones is 1. The van der Waals surface area contributed by atoms with Gasteiger partial charge in [-0.25, -0.2) is 0 Å². The molecule has 32 heavy (non-hydrogen) atoms. The summed E-state index contributed by atoms with van der Waals surface area (Å²) >= 11 is 5.76. The Morgan fingerprint density at radius 3 is 2.50 bits per heavy atom. The topological polar surface area (TPSA) is 26.3 Å². The summed E-state index contributed by atoms with van der Waals surface area (Å²) in [5.41, 5.74) is 5.84. The number of halogens is 1. The summed E-state index contributed by atoms with van der Waals surface area (Å²) in [6, 6.07) is 25.0. The summed E-state index contributed by atoms with van der Waals surface area (Å²) in [7, 11) is 0. The summed E-state index contributed by atoms with van der Waals surface area (Å²) in [5.74, 6) is 2.23. The Morgan fingerprint density at radius 1 is 0.812 bits per heavy atom. The first-order valence-corrected chi connectivity index (χ1v) is 12.0. The molecule has 0 saturated heterocycles. The first-order chi connectivity index (χ1) is 15.7. The number of carbonyl (C=O) groups excluding carboxylic acids is 1. The fraction of sp³-hybridized carbons (Fsp3) is 0.276. The number of aryl methyl sites for hydroxylation is 2. The van der Waals surface area contributed by atoms with Crippen LogP contribution in [0.3, 0.4) is 0 Å². The molecule has 3 heteroatoms. The number of carbonyl (C=O) groups is 1. The highest BCUT2D eigenvalue weighted by Crippen LogP contribution is 2.30. The van der Waals surface area contributed by atoms with E-state index in [9.17, 15) is 4.79 Å². The van der Waals surface area contributed by atoms with Crippen molar-refractivity contribution in [1.82, 2.24) is 0 Å². The Morgan fingerprint density at radius 2 is 1.66 bits per heavy atom. The van der Waals surface area contributed by atoms with Crippen molar-refractivity contribution in [3.8, 4) is 16.9 Å². The largest absolute Gasteiger partial charge is 0.457 e. The summed E-state index contributed by atoms with van der Waals surface area (Å²) < 4.78 is 6.28. The highest BCUT2D eigenvalue weighted by Gasteiger charge is 2.15. The van der Waals surface area contributed by atoms with Crippen molar-refractivity contribution in [2.75, 3.05) is 5.88 Å². The van der Waals surface area contributed by atoms with E-state index in [1.54, 1.807) is 6.08 Å². The van der Waals surface area contributed by atoms with Gasteiger partial charge in [-0.2, -0.15) is 0 Å². The van der Waals surface area contributed by atoms with Gasteiger partial charge >= 0.3 is 0 Å². The van der Waals surface area contributed by atoms with Crippen molar-refractivity contribution in [1.29, 1.82) is 0 Å². The van der Waals surface area contributed by atoms with Gasteiger partial charge in [0.1, 0.15) is 11.5 Å². The van der Waals surface area contributed by atoms with Crippen LogP contribution in [0.2, 0.25) is 0 Å². The molecular weight excluding hydrogens is 416 g/mol. The number of unbranched alkanes of at least 4 members (excludes halogenated alkanes) is 2. The smallest absolute Gasteiger partial charge is 0.159 e. The van der Waals surface area contributed by atoms with Crippen molar-refractivity contribution in [3.05, 3.63) is 95.6 Å². The monoisotopic (exact) mass is 444 g/mol. The molecule has 2 nitrogen and oxygen atoms in total. The molecule has 3 aromatic rings. The van der Waals surface area contributed by atoms with Crippen LogP contribution < -0.4 is 4.74 Å². The Bertz CT molecular complexity index is 1080. The molecule has 0 heterocycles. The Labute approximate surface area is 195 Å². The molecule has 0 bridgehead atoms. The zero-order valence-electron chi connectivity index (χ0n) is 18.4. The lowest BCUT2D eigenvalue weighted by Crippen LogP contribution is -2.07. The minimum Gasteiger partial charge on any atom is -0.457 e. The van der Waals surface area contributed by atoms with Crippen LogP contribution in [0.4, 0.5) is 0 Å². The third-order valence-corrected chi connectivity index (χ3v) is 6.16. The Balaban J connectivity index is 1.52. The van der Waals surface area contributed by atoms with Crippen LogP contribution in [0.15, 0.2) is 78.9 Å². The minimum atomic E-state index is 0.118. The van der Waals surface area contributed by atoms with Gasteiger partial charge in [-0.3, -0.25) is 4.79 Å². The summed E-state index contributed by atoms with van der Waals surface area (Å²) in [4.78, 5) is 12.3. The van der Waals surface area contributed by atoms with Crippen molar-refractivity contribution in [2.24, 2.45) is 0 Å². The Kier molecular flexibility index (Phi) is 7.79. The van der Waals surface area contributed by atoms with Gasteiger partial charge in [0.2, 0.25) is 0 Å². The van der Waals surface area contributed by atoms with E-state index in [1.165, 1.54) is 24.0 Å². The van der Waals surface area contributed by atoms with Gasteiger partial charge in [-0.05, 0) is 66.5 Å². The lowest BCUT2D eigenvalue weighted by atomic mass is 9.96. The molecule has 1 aliphatic carbocycles. The van der Waals surface area contributed by atoms with E-state index in [-0.39, 0.29) is 5.78 Å². The van der Waals surface area contributed by atoms with Crippen molar-refractivity contribution in [3.63, 3.8) is 0 Å². The zero-order chi connectivity index (χ0) is 22.2. The number of hydrogen-bond donors (Lipinski definition) is 0. The second kappa shape index (κ2) is 11.2. The molecule has 0 saturated carbocycles. The molecule has 1 aliphatic rings. The number of allylic oxidation sites excluding steroid dienone is 1. The van der Waals surface area contributed by atoms with E-state index in [4.69, 9.17) is 16.3 Å². The van der Waals surface area contributed by atoms with Crippen LogP contribution >= 0.6 is 11.6 Å². The van der Waals surface area contributed by atoms with Crippen LogP contribution in [0.1, 0.15) is 48.8 Å². The maximum Gasteiger partial charge on any atom is 0.159 e. The number of rotatable bonds is 8. The highest BCUT2D eigenvalue weighted by atomic mass is 35.5. The molecule has 0 amide bonds. The number of fused-ring (bicyclic) bond motifs is 1. The first-order valence-electron chi connectivity index (χ1n) is 11.5. The molecule has 0 unspecified atom stereocenters. The van der Waals surface area contributed by atoms with Crippen LogP contribution in [0.5, 0.6) is 5.75 Å². The van der Waals surface area contributed by atoms with Gasteiger partial charge in [0, 0.05) is 23.9 Å². The Hall–Kier alpha value is -2.84. The third kappa shape index (κ3) is 5.89. The van der Waals surface area contributed by atoms with E-state index in [0.717, 1.165) is 54.0 Å². The van der Waals surface area contributed by atoms with Gasteiger partial charge in [-0.15, -0.1) is 11.6 Å². The molecule has 0 atom stereocenters.